The van der Waals surface area contributed by atoms with Gasteiger partial charge in [-0.3, -0.25) is 0 Å². The summed E-state index contributed by atoms with van der Waals surface area (Å²) in [5, 5.41) is 11.6. The molecule has 0 bridgehead atoms. The van der Waals surface area contributed by atoms with Gasteiger partial charge in [-0.25, -0.2) is 4.79 Å². The van der Waals surface area contributed by atoms with E-state index in [0.29, 0.717) is 13.0 Å². The Bertz CT molecular complexity index is 511. The van der Waals surface area contributed by atoms with Crippen LogP contribution in [0.1, 0.15) is 30.4 Å². The van der Waals surface area contributed by atoms with Crippen molar-refractivity contribution in [1.29, 1.82) is 0 Å². The molecule has 1 aliphatic rings. The summed E-state index contributed by atoms with van der Waals surface area (Å²) in [6, 6.07) is 7.81. The molecule has 1 heterocycles. The first-order valence-corrected chi connectivity index (χ1v) is 7.01. The zero-order chi connectivity index (χ0) is 14.2. The Morgan fingerprint density at radius 1 is 1.35 bits per heavy atom. The number of aliphatic hydroxyl groups excluding tert-OH is 1. The van der Waals surface area contributed by atoms with Crippen molar-refractivity contribution in [3.05, 3.63) is 35.4 Å². The van der Waals surface area contributed by atoms with Gasteiger partial charge in [-0.2, -0.15) is 0 Å². The summed E-state index contributed by atoms with van der Waals surface area (Å²) in [5.41, 5.74) is 1.94. The smallest absolute Gasteiger partial charge is 0.317 e. The van der Waals surface area contributed by atoms with Gasteiger partial charge in [-0.1, -0.05) is 24.0 Å². The molecule has 2 N–H and O–H groups in total. The van der Waals surface area contributed by atoms with E-state index < -0.39 is 0 Å². The third-order valence-electron chi connectivity index (χ3n) is 3.23. The van der Waals surface area contributed by atoms with E-state index in [4.69, 9.17) is 5.11 Å². The van der Waals surface area contributed by atoms with Crippen molar-refractivity contribution in [3.8, 4) is 11.8 Å². The molecular formula is C16H20N2O2. The molecule has 4 heteroatoms. The number of nitrogens with zero attached hydrogens (tertiary/aromatic N) is 1. The fraction of sp³-hybridized carbons (Fsp3) is 0.438. The topological polar surface area (TPSA) is 52.6 Å². The molecule has 4 nitrogen and oxygen atoms in total. The van der Waals surface area contributed by atoms with Crippen molar-refractivity contribution in [2.75, 3.05) is 19.7 Å². The minimum atomic E-state index is 0.0132. The number of hydrogen-bond donors (Lipinski definition) is 2. The van der Waals surface area contributed by atoms with Crippen LogP contribution < -0.4 is 5.32 Å². The van der Waals surface area contributed by atoms with Crippen LogP contribution in [0.3, 0.4) is 0 Å². The highest BCUT2D eigenvalue weighted by atomic mass is 16.2. The maximum absolute atomic E-state index is 11.9. The molecular weight excluding hydrogens is 252 g/mol. The van der Waals surface area contributed by atoms with Gasteiger partial charge < -0.3 is 15.3 Å². The fourth-order valence-corrected chi connectivity index (χ4v) is 2.19. The number of nitrogens with one attached hydrogen (secondary N) is 1. The molecule has 106 valence electrons. The molecule has 1 aromatic carbocycles. The average Bonchev–Trinajstić information content (AvgIpc) is 3.00. The minimum Gasteiger partial charge on any atom is -0.395 e. The molecule has 0 saturated carbocycles. The normalized spacial score (nSPS) is 13.8. The third-order valence-corrected chi connectivity index (χ3v) is 3.23. The number of hydrogen-bond acceptors (Lipinski definition) is 2. The molecule has 1 saturated heterocycles. The van der Waals surface area contributed by atoms with Crippen molar-refractivity contribution in [2.24, 2.45) is 0 Å². The van der Waals surface area contributed by atoms with Crippen LogP contribution in [0.2, 0.25) is 0 Å². The van der Waals surface area contributed by atoms with Gasteiger partial charge in [0.15, 0.2) is 0 Å². The first-order chi connectivity index (χ1) is 9.79. The van der Waals surface area contributed by atoms with E-state index in [1.54, 1.807) is 0 Å². The predicted molar refractivity (Wildman–Crippen MR) is 78.1 cm³/mol. The number of amides is 2. The van der Waals surface area contributed by atoms with Gasteiger partial charge in [0.2, 0.25) is 0 Å². The second-order valence-corrected chi connectivity index (χ2v) is 4.83. The van der Waals surface area contributed by atoms with Crippen LogP contribution in [0.15, 0.2) is 24.3 Å². The third kappa shape index (κ3) is 4.29. The van der Waals surface area contributed by atoms with E-state index in [1.165, 1.54) is 0 Å². The van der Waals surface area contributed by atoms with E-state index in [-0.39, 0.29) is 12.6 Å². The summed E-state index contributed by atoms with van der Waals surface area (Å²) < 4.78 is 0. The zero-order valence-electron chi connectivity index (χ0n) is 11.6. The van der Waals surface area contributed by atoms with E-state index in [9.17, 15) is 4.79 Å². The highest BCUT2D eigenvalue weighted by Crippen LogP contribution is 2.08. The van der Waals surface area contributed by atoms with Crippen molar-refractivity contribution in [3.63, 3.8) is 0 Å². The van der Waals surface area contributed by atoms with Crippen LogP contribution in [0, 0.1) is 11.8 Å². The van der Waals surface area contributed by atoms with Crippen molar-refractivity contribution in [1.82, 2.24) is 10.2 Å². The largest absolute Gasteiger partial charge is 0.395 e. The van der Waals surface area contributed by atoms with Crippen LogP contribution in [-0.4, -0.2) is 35.7 Å². The molecule has 1 aliphatic heterocycles. The second-order valence-electron chi connectivity index (χ2n) is 4.83. The molecule has 0 radical (unpaired) electrons. The lowest BCUT2D eigenvalue weighted by Crippen LogP contribution is -2.37. The van der Waals surface area contributed by atoms with Gasteiger partial charge in [0.1, 0.15) is 0 Å². The molecule has 1 aromatic rings. The van der Waals surface area contributed by atoms with Gasteiger partial charge in [-0.05, 0) is 30.5 Å². The Labute approximate surface area is 119 Å². The summed E-state index contributed by atoms with van der Waals surface area (Å²) in [5.74, 6) is 5.89. The SMILES string of the molecule is O=C(NCc1cccc(C#CCCO)c1)N1CCCC1. The number of aliphatic hydroxyl groups is 1. The maximum Gasteiger partial charge on any atom is 0.317 e. The van der Waals surface area contributed by atoms with Crippen LogP contribution in [0.4, 0.5) is 4.79 Å². The highest BCUT2D eigenvalue weighted by molar-refractivity contribution is 5.74. The monoisotopic (exact) mass is 272 g/mol. The van der Waals surface area contributed by atoms with Gasteiger partial charge in [0, 0.05) is 31.6 Å². The quantitative estimate of drug-likeness (QED) is 0.823. The Morgan fingerprint density at radius 3 is 2.90 bits per heavy atom. The number of likely N-dealkylation sites (tertiary alicyclic amines) is 1. The molecule has 0 aliphatic carbocycles. The molecule has 0 atom stereocenters. The van der Waals surface area contributed by atoms with Crippen molar-refractivity contribution in [2.45, 2.75) is 25.8 Å². The summed E-state index contributed by atoms with van der Waals surface area (Å²) >= 11 is 0. The maximum atomic E-state index is 11.9. The molecule has 0 aromatic heterocycles. The van der Waals surface area contributed by atoms with E-state index in [0.717, 1.165) is 37.1 Å². The Hall–Kier alpha value is -1.99. The van der Waals surface area contributed by atoms with Gasteiger partial charge in [0.25, 0.3) is 0 Å². The molecule has 0 spiro atoms. The van der Waals surface area contributed by atoms with E-state index in [1.807, 2.05) is 29.2 Å². The fourth-order valence-electron chi connectivity index (χ4n) is 2.19. The summed E-state index contributed by atoms with van der Waals surface area (Å²) in [7, 11) is 0. The van der Waals surface area contributed by atoms with E-state index in [2.05, 4.69) is 17.2 Å². The number of benzene rings is 1. The van der Waals surface area contributed by atoms with Gasteiger partial charge in [0.05, 0.1) is 6.61 Å². The minimum absolute atomic E-state index is 0.0132. The first-order valence-electron chi connectivity index (χ1n) is 7.01. The first kappa shape index (κ1) is 14.4. The molecule has 2 rings (SSSR count). The van der Waals surface area contributed by atoms with Gasteiger partial charge >= 0.3 is 6.03 Å². The molecule has 0 unspecified atom stereocenters. The lowest BCUT2D eigenvalue weighted by molar-refractivity contribution is 0.208. The predicted octanol–water partition coefficient (Wildman–Crippen LogP) is 1.73. The summed E-state index contributed by atoms with van der Waals surface area (Å²) in [6.45, 7) is 2.32. The van der Waals surface area contributed by atoms with Crippen LogP contribution in [0.5, 0.6) is 0 Å². The standard InChI is InChI=1S/C16H20N2O2/c19-11-4-1-6-14-7-5-8-15(12-14)13-17-16(20)18-9-2-3-10-18/h5,7-8,12,19H,2-4,9-11,13H2,(H,17,20). The molecule has 2 amide bonds. The summed E-state index contributed by atoms with van der Waals surface area (Å²) in [6.07, 6.45) is 2.68. The van der Waals surface area contributed by atoms with Crippen LogP contribution in [-0.2, 0) is 6.54 Å². The number of urea groups is 1. The Morgan fingerprint density at radius 2 is 2.15 bits per heavy atom. The molecule has 1 fully saturated rings. The lowest BCUT2D eigenvalue weighted by atomic mass is 10.1. The molecule has 20 heavy (non-hydrogen) atoms. The van der Waals surface area contributed by atoms with Gasteiger partial charge in [-0.15, -0.1) is 0 Å². The second kappa shape index (κ2) is 7.56. The highest BCUT2D eigenvalue weighted by Gasteiger charge is 2.16. The number of carbonyl (C=O) groups is 1. The van der Waals surface area contributed by atoms with Crippen molar-refractivity contribution >= 4 is 6.03 Å². The van der Waals surface area contributed by atoms with Crippen LogP contribution >= 0.6 is 0 Å². The van der Waals surface area contributed by atoms with Crippen molar-refractivity contribution < 1.29 is 9.90 Å². The number of rotatable bonds is 3. The average molecular weight is 272 g/mol. The lowest BCUT2D eigenvalue weighted by Gasteiger charge is -2.16. The zero-order valence-corrected chi connectivity index (χ0v) is 11.6. The van der Waals surface area contributed by atoms with E-state index >= 15 is 0 Å². The summed E-state index contributed by atoms with van der Waals surface area (Å²) in [4.78, 5) is 13.7. The Balaban J connectivity index is 1.88. The van der Waals surface area contributed by atoms with Crippen LogP contribution in [0.25, 0.3) is 0 Å². The number of carbonyl (C=O) groups excluding carboxylic acids is 1. The Kier molecular flexibility index (Phi) is 5.45.